The van der Waals surface area contributed by atoms with Crippen molar-refractivity contribution >= 4 is 17.3 Å². The Bertz CT molecular complexity index is 662. The first-order valence-corrected chi connectivity index (χ1v) is 7.14. The molecule has 110 valence electrons. The summed E-state index contributed by atoms with van der Waals surface area (Å²) in [5.74, 6) is -0.0470. The standard InChI is InChI=1S/C18H22N2O/c1-12-6-5-7-16(14(12)3)11-19-17-8-9-18(13(2)10-17)20-15(4)21/h5-10,19H,11H2,1-4H3,(H,20,21). The molecule has 0 spiro atoms. The van der Waals surface area contributed by atoms with Crippen molar-refractivity contribution in [1.29, 1.82) is 0 Å². The molecule has 21 heavy (non-hydrogen) atoms. The molecule has 0 bridgehead atoms. The Morgan fingerprint density at radius 2 is 1.81 bits per heavy atom. The lowest BCUT2D eigenvalue weighted by Gasteiger charge is -2.13. The number of benzene rings is 2. The van der Waals surface area contributed by atoms with E-state index in [-0.39, 0.29) is 5.91 Å². The molecular weight excluding hydrogens is 260 g/mol. The van der Waals surface area contributed by atoms with E-state index >= 15 is 0 Å². The van der Waals surface area contributed by atoms with Gasteiger partial charge in [-0.3, -0.25) is 4.79 Å². The highest BCUT2D eigenvalue weighted by Crippen LogP contribution is 2.21. The summed E-state index contributed by atoms with van der Waals surface area (Å²) in [6.07, 6.45) is 0. The van der Waals surface area contributed by atoms with Crippen molar-refractivity contribution in [2.45, 2.75) is 34.2 Å². The smallest absolute Gasteiger partial charge is 0.221 e. The summed E-state index contributed by atoms with van der Waals surface area (Å²) in [6, 6.07) is 12.3. The SMILES string of the molecule is CC(=O)Nc1ccc(NCc2cccc(C)c2C)cc1C. The molecule has 3 heteroatoms. The first kappa shape index (κ1) is 15.1. The fraction of sp³-hybridized carbons (Fsp3) is 0.278. The molecule has 2 rings (SSSR count). The minimum Gasteiger partial charge on any atom is -0.381 e. The molecule has 1 amide bonds. The second-order valence-corrected chi connectivity index (χ2v) is 5.42. The van der Waals surface area contributed by atoms with Crippen molar-refractivity contribution in [3.05, 3.63) is 58.7 Å². The van der Waals surface area contributed by atoms with Crippen molar-refractivity contribution in [1.82, 2.24) is 0 Å². The van der Waals surface area contributed by atoms with E-state index in [9.17, 15) is 4.79 Å². The van der Waals surface area contributed by atoms with Crippen molar-refractivity contribution < 1.29 is 4.79 Å². The second-order valence-electron chi connectivity index (χ2n) is 5.42. The highest BCUT2D eigenvalue weighted by atomic mass is 16.1. The number of amides is 1. The van der Waals surface area contributed by atoms with E-state index in [4.69, 9.17) is 0 Å². The Kier molecular flexibility index (Phi) is 4.63. The Hall–Kier alpha value is -2.29. The number of rotatable bonds is 4. The van der Waals surface area contributed by atoms with Gasteiger partial charge in [0.2, 0.25) is 5.91 Å². The van der Waals surface area contributed by atoms with Crippen LogP contribution >= 0.6 is 0 Å². The predicted molar refractivity (Wildman–Crippen MR) is 88.7 cm³/mol. The van der Waals surface area contributed by atoms with Crippen LogP contribution in [0.2, 0.25) is 0 Å². The zero-order chi connectivity index (χ0) is 15.4. The van der Waals surface area contributed by atoms with E-state index in [1.165, 1.54) is 23.6 Å². The van der Waals surface area contributed by atoms with Crippen LogP contribution in [-0.2, 0) is 11.3 Å². The maximum Gasteiger partial charge on any atom is 0.221 e. The Morgan fingerprint density at radius 1 is 1.05 bits per heavy atom. The summed E-state index contributed by atoms with van der Waals surface area (Å²) < 4.78 is 0. The molecule has 0 saturated heterocycles. The third-order valence-electron chi connectivity index (χ3n) is 3.74. The Balaban J connectivity index is 2.08. The molecule has 3 nitrogen and oxygen atoms in total. The summed E-state index contributed by atoms with van der Waals surface area (Å²) in [5.41, 5.74) is 6.92. The highest BCUT2D eigenvalue weighted by molar-refractivity contribution is 5.89. The van der Waals surface area contributed by atoms with Crippen LogP contribution in [0.4, 0.5) is 11.4 Å². The number of carbonyl (C=O) groups is 1. The normalized spacial score (nSPS) is 10.3. The van der Waals surface area contributed by atoms with Crippen molar-refractivity contribution in [2.24, 2.45) is 0 Å². The van der Waals surface area contributed by atoms with Crippen LogP contribution in [-0.4, -0.2) is 5.91 Å². The molecule has 0 saturated carbocycles. The summed E-state index contributed by atoms with van der Waals surface area (Å²) in [4.78, 5) is 11.1. The average Bonchev–Trinajstić information content (AvgIpc) is 2.43. The number of carbonyl (C=O) groups excluding carboxylic acids is 1. The van der Waals surface area contributed by atoms with Gasteiger partial charge in [-0.15, -0.1) is 0 Å². The fourth-order valence-corrected chi connectivity index (χ4v) is 2.30. The average molecular weight is 282 g/mol. The van der Waals surface area contributed by atoms with E-state index in [0.717, 1.165) is 23.5 Å². The summed E-state index contributed by atoms with van der Waals surface area (Å²) >= 11 is 0. The van der Waals surface area contributed by atoms with Gasteiger partial charge in [0.15, 0.2) is 0 Å². The zero-order valence-electron chi connectivity index (χ0n) is 13.1. The molecular formula is C18H22N2O. The van der Waals surface area contributed by atoms with Gasteiger partial charge in [-0.05, 0) is 61.2 Å². The third-order valence-corrected chi connectivity index (χ3v) is 3.74. The van der Waals surface area contributed by atoms with Gasteiger partial charge in [-0.25, -0.2) is 0 Å². The number of hydrogen-bond acceptors (Lipinski definition) is 2. The quantitative estimate of drug-likeness (QED) is 0.883. The van der Waals surface area contributed by atoms with Crippen molar-refractivity contribution in [3.8, 4) is 0 Å². The molecule has 0 atom stereocenters. The maximum atomic E-state index is 11.1. The molecule has 2 N–H and O–H groups in total. The Labute approximate surface area is 126 Å². The van der Waals surface area contributed by atoms with Gasteiger partial charge in [0.1, 0.15) is 0 Å². The van der Waals surface area contributed by atoms with Gasteiger partial charge in [-0.1, -0.05) is 18.2 Å². The number of nitrogens with one attached hydrogen (secondary N) is 2. The van der Waals surface area contributed by atoms with Crippen LogP contribution in [0.15, 0.2) is 36.4 Å². The number of hydrogen-bond donors (Lipinski definition) is 2. The van der Waals surface area contributed by atoms with Crippen LogP contribution in [0.5, 0.6) is 0 Å². The monoisotopic (exact) mass is 282 g/mol. The number of anilines is 2. The van der Waals surface area contributed by atoms with E-state index in [0.29, 0.717) is 0 Å². The summed E-state index contributed by atoms with van der Waals surface area (Å²) in [5, 5.41) is 6.26. The predicted octanol–water partition coefficient (Wildman–Crippen LogP) is 4.18. The van der Waals surface area contributed by atoms with Crippen LogP contribution in [0.1, 0.15) is 29.2 Å². The van der Waals surface area contributed by atoms with E-state index < -0.39 is 0 Å². The lowest BCUT2D eigenvalue weighted by atomic mass is 10.0. The van der Waals surface area contributed by atoms with Crippen LogP contribution < -0.4 is 10.6 Å². The van der Waals surface area contributed by atoms with E-state index in [1.807, 2.05) is 19.1 Å². The van der Waals surface area contributed by atoms with Crippen LogP contribution in [0.3, 0.4) is 0 Å². The molecule has 0 heterocycles. The van der Waals surface area contributed by atoms with Crippen LogP contribution in [0, 0.1) is 20.8 Å². The van der Waals surface area contributed by atoms with Gasteiger partial charge in [0.25, 0.3) is 0 Å². The summed E-state index contributed by atoms with van der Waals surface area (Å²) in [6.45, 7) is 8.59. The first-order chi connectivity index (χ1) is 9.97. The Morgan fingerprint density at radius 3 is 2.48 bits per heavy atom. The molecule has 0 aliphatic rings. The minimum absolute atomic E-state index is 0.0470. The molecule has 2 aromatic rings. The van der Waals surface area contributed by atoms with Gasteiger partial charge in [-0.2, -0.15) is 0 Å². The first-order valence-electron chi connectivity index (χ1n) is 7.14. The van der Waals surface area contributed by atoms with Crippen molar-refractivity contribution in [3.63, 3.8) is 0 Å². The van der Waals surface area contributed by atoms with Gasteiger partial charge in [0.05, 0.1) is 0 Å². The largest absolute Gasteiger partial charge is 0.381 e. The topological polar surface area (TPSA) is 41.1 Å². The van der Waals surface area contributed by atoms with E-state index in [2.05, 4.69) is 48.7 Å². The molecule has 0 aliphatic carbocycles. The lowest BCUT2D eigenvalue weighted by molar-refractivity contribution is -0.114. The fourth-order valence-electron chi connectivity index (χ4n) is 2.30. The van der Waals surface area contributed by atoms with Gasteiger partial charge in [0, 0.05) is 24.8 Å². The van der Waals surface area contributed by atoms with Gasteiger partial charge < -0.3 is 10.6 Å². The molecule has 0 unspecified atom stereocenters. The maximum absolute atomic E-state index is 11.1. The van der Waals surface area contributed by atoms with Crippen LogP contribution in [0.25, 0.3) is 0 Å². The molecule has 0 fully saturated rings. The minimum atomic E-state index is -0.0470. The second kappa shape index (κ2) is 6.44. The van der Waals surface area contributed by atoms with Crippen molar-refractivity contribution in [2.75, 3.05) is 10.6 Å². The molecule has 0 radical (unpaired) electrons. The zero-order valence-corrected chi connectivity index (χ0v) is 13.1. The lowest BCUT2D eigenvalue weighted by Crippen LogP contribution is -2.08. The number of aryl methyl sites for hydroxylation is 2. The molecule has 2 aromatic carbocycles. The highest BCUT2D eigenvalue weighted by Gasteiger charge is 2.03. The van der Waals surface area contributed by atoms with E-state index in [1.54, 1.807) is 0 Å². The summed E-state index contributed by atoms with van der Waals surface area (Å²) in [7, 11) is 0. The molecule has 0 aliphatic heterocycles. The third kappa shape index (κ3) is 3.85. The molecule has 0 aromatic heterocycles. The van der Waals surface area contributed by atoms with Gasteiger partial charge >= 0.3 is 0 Å².